The van der Waals surface area contributed by atoms with E-state index in [1.807, 2.05) is 24.3 Å². The molecule has 28 heavy (non-hydrogen) atoms. The first-order valence-corrected chi connectivity index (χ1v) is 10.7. The maximum absolute atomic E-state index is 12.7. The van der Waals surface area contributed by atoms with Crippen molar-refractivity contribution in [3.8, 4) is 11.5 Å². The zero-order chi connectivity index (χ0) is 19.7. The first-order chi connectivity index (χ1) is 13.5. The molecular formula is C21H19NO4S2. The Hall–Kier alpha value is -2.25. The molecule has 2 atom stereocenters. The van der Waals surface area contributed by atoms with Crippen LogP contribution in [0.5, 0.6) is 11.5 Å². The summed E-state index contributed by atoms with van der Waals surface area (Å²) in [6, 6.07) is 15.6. The smallest absolute Gasteiger partial charge is 0.308 e. The Morgan fingerprint density at radius 1 is 1.25 bits per heavy atom. The van der Waals surface area contributed by atoms with Crippen LogP contribution in [0.1, 0.15) is 30.4 Å². The van der Waals surface area contributed by atoms with E-state index in [1.54, 1.807) is 23.9 Å². The fraction of sp³-hybridized carbons (Fsp3) is 0.286. The number of thioether (sulfide) groups is 2. The van der Waals surface area contributed by atoms with E-state index in [0.717, 1.165) is 15.7 Å². The highest BCUT2D eigenvalue weighted by atomic mass is 32.2. The molecule has 1 aliphatic carbocycles. The van der Waals surface area contributed by atoms with Crippen LogP contribution in [0.25, 0.3) is 0 Å². The molecule has 4 rings (SSSR count). The van der Waals surface area contributed by atoms with E-state index in [9.17, 15) is 9.59 Å². The number of hydrogen-bond donors (Lipinski definition) is 0. The highest BCUT2D eigenvalue weighted by molar-refractivity contribution is 8.45. The fourth-order valence-electron chi connectivity index (χ4n) is 3.32. The van der Waals surface area contributed by atoms with Crippen LogP contribution in [-0.2, 0) is 15.3 Å². The standard InChI is InChI=1S/C21H19NO4S2/c1-13(23)26-18-10-15(8-9-17(18)25-2)16-11-21(16)19(24)28-20(22-21)27-12-14-6-4-3-5-7-14/h3-10,16H,11-12H2,1-2H3/t16-,21-/m1/s1. The van der Waals surface area contributed by atoms with Gasteiger partial charge in [-0.05, 0) is 41.4 Å². The number of methoxy groups -OCH3 is 1. The minimum atomic E-state index is -0.675. The first-order valence-electron chi connectivity index (χ1n) is 8.87. The van der Waals surface area contributed by atoms with Crippen LogP contribution in [0.4, 0.5) is 0 Å². The van der Waals surface area contributed by atoms with E-state index < -0.39 is 11.5 Å². The summed E-state index contributed by atoms with van der Waals surface area (Å²) >= 11 is 2.84. The van der Waals surface area contributed by atoms with Gasteiger partial charge < -0.3 is 9.47 Å². The molecule has 0 unspecified atom stereocenters. The van der Waals surface area contributed by atoms with E-state index >= 15 is 0 Å². The molecule has 1 heterocycles. The summed E-state index contributed by atoms with van der Waals surface area (Å²) in [4.78, 5) is 28.8. The second-order valence-corrected chi connectivity index (χ2v) is 8.91. The normalized spacial score (nSPS) is 22.9. The monoisotopic (exact) mass is 413 g/mol. The Morgan fingerprint density at radius 3 is 2.75 bits per heavy atom. The van der Waals surface area contributed by atoms with Crippen molar-refractivity contribution in [3.63, 3.8) is 0 Å². The predicted molar refractivity (Wildman–Crippen MR) is 112 cm³/mol. The molecule has 5 nitrogen and oxygen atoms in total. The minimum Gasteiger partial charge on any atom is -0.493 e. The summed E-state index contributed by atoms with van der Waals surface area (Å²) in [7, 11) is 1.53. The minimum absolute atomic E-state index is 0.00235. The van der Waals surface area contributed by atoms with Gasteiger partial charge in [0.15, 0.2) is 11.5 Å². The molecule has 1 saturated carbocycles. The Morgan fingerprint density at radius 2 is 2.04 bits per heavy atom. The Labute approximate surface area is 171 Å². The number of hydrogen-bond acceptors (Lipinski definition) is 7. The summed E-state index contributed by atoms with van der Waals surface area (Å²) in [6.45, 7) is 1.35. The molecule has 2 aliphatic rings. The van der Waals surface area contributed by atoms with Crippen LogP contribution < -0.4 is 9.47 Å². The number of aliphatic imine (C=N–C) groups is 1. The summed E-state index contributed by atoms with van der Waals surface area (Å²) in [5.74, 6) is 1.24. The van der Waals surface area contributed by atoms with Gasteiger partial charge in [-0.15, -0.1) is 0 Å². The highest BCUT2D eigenvalue weighted by Gasteiger charge is 2.64. The van der Waals surface area contributed by atoms with Crippen molar-refractivity contribution in [3.05, 3.63) is 59.7 Å². The second-order valence-electron chi connectivity index (χ2n) is 6.73. The van der Waals surface area contributed by atoms with Gasteiger partial charge in [0.25, 0.3) is 0 Å². The zero-order valence-electron chi connectivity index (χ0n) is 15.5. The zero-order valence-corrected chi connectivity index (χ0v) is 17.1. The van der Waals surface area contributed by atoms with E-state index in [4.69, 9.17) is 14.5 Å². The van der Waals surface area contributed by atoms with Gasteiger partial charge in [-0.1, -0.05) is 48.2 Å². The largest absolute Gasteiger partial charge is 0.493 e. The van der Waals surface area contributed by atoms with Gasteiger partial charge in [-0.3, -0.25) is 14.6 Å². The van der Waals surface area contributed by atoms with E-state index in [-0.39, 0.29) is 11.0 Å². The number of nitrogens with zero attached hydrogens (tertiary/aromatic N) is 1. The van der Waals surface area contributed by atoms with Crippen molar-refractivity contribution in [1.29, 1.82) is 0 Å². The topological polar surface area (TPSA) is 65.0 Å². The van der Waals surface area contributed by atoms with Crippen LogP contribution in [0, 0.1) is 0 Å². The van der Waals surface area contributed by atoms with Crippen molar-refractivity contribution in [1.82, 2.24) is 0 Å². The molecule has 0 saturated heterocycles. The Balaban J connectivity index is 1.50. The van der Waals surface area contributed by atoms with Crippen LogP contribution >= 0.6 is 23.5 Å². The van der Waals surface area contributed by atoms with Crippen molar-refractivity contribution >= 4 is 39.0 Å². The Bertz CT molecular complexity index is 960. The maximum Gasteiger partial charge on any atom is 0.308 e. The third kappa shape index (κ3) is 3.69. The molecule has 1 spiro atoms. The van der Waals surface area contributed by atoms with Gasteiger partial charge in [0.1, 0.15) is 9.91 Å². The Kier molecular flexibility index (Phi) is 5.21. The lowest BCUT2D eigenvalue weighted by molar-refractivity contribution is -0.132. The molecule has 1 fully saturated rings. The summed E-state index contributed by atoms with van der Waals surface area (Å²) in [5, 5.41) is 0.0953. The molecular weight excluding hydrogens is 394 g/mol. The third-order valence-corrected chi connectivity index (χ3v) is 7.03. The molecule has 7 heteroatoms. The summed E-state index contributed by atoms with van der Waals surface area (Å²) in [5.41, 5.74) is 1.47. The average Bonchev–Trinajstić information content (AvgIpc) is 3.32. The molecule has 0 aromatic heterocycles. The van der Waals surface area contributed by atoms with E-state index in [0.29, 0.717) is 17.9 Å². The van der Waals surface area contributed by atoms with E-state index in [2.05, 4.69) is 12.1 Å². The van der Waals surface area contributed by atoms with Crippen LogP contribution in [-0.4, -0.2) is 28.1 Å². The molecule has 2 aromatic rings. The molecule has 0 bridgehead atoms. The number of ether oxygens (including phenoxy) is 2. The molecule has 1 aliphatic heterocycles. The number of rotatable bonds is 5. The van der Waals surface area contributed by atoms with Crippen molar-refractivity contribution in [2.45, 2.75) is 30.6 Å². The fourth-order valence-corrected chi connectivity index (χ4v) is 5.48. The molecule has 2 aromatic carbocycles. The molecule has 144 valence electrons. The number of carbonyl (C=O) groups excluding carboxylic acids is 2. The number of benzene rings is 2. The highest BCUT2D eigenvalue weighted by Crippen LogP contribution is 2.61. The van der Waals surface area contributed by atoms with Gasteiger partial charge in [0.2, 0.25) is 5.12 Å². The average molecular weight is 414 g/mol. The maximum atomic E-state index is 12.7. The molecule has 0 N–H and O–H groups in total. The van der Waals surface area contributed by atoms with Crippen LogP contribution in [0.15, 0.2) is 53.5 Å². The first kappa shape index (κ1) is 19.1. The van der Waals surface area contributed by atoms with Crippen LogP contribution in [0.3, 0.4) is 0 Å². The lowest BCUT2D eigenvalue weighted by atomic mass is 10.1. The summed E-state index contributed by atoms with van der Waals surface area (Å²) in [6.07, 6.45) is 0.681. The second kappa shape index (κ2) is 7.64. The van der Waals surface area contributed by atoms with Gasteiger partial charge in [0, 0.05) is 18.6 Å². The SMILES string of the molecule is COc1ccc([C@H]2C[C@@]23N=C(SCc2ccccc2)SC3=O)cc1OC(C)=O. The van der Waals surface area contributed by atoms with Crippen molar-refractivity contribution in [2.75, 3.05) is 7.11 Å². The quantitative estimate of drug-likeness (QED) is 0.534. The predicted octanol–water partition coefficient (Wildman–Crippen LogP) is 4.41. The molecule has 0 amide bonds. The van der Waals surface area contributed by atoms with E-state index in [1.165, 1.54) is 31.4 Å². The van der Waals surface area contributed by atoms with Gasteiger partial charge in [-0.2, -0.15) is 0 Å². The third-order valence-electron chi connectivity index (χ3n) is 4.80. The summed E-state index contributed by atoms with van der Waals surface area (Å²) < 4.78 is 11.3. The lowest BCUT2D eigenvalue weighted by Gasteiger charge is -2.10. The van der Waals surface area contributed by atoms with Crippen LogP contribution in [0.2, 0.25) is 0 Å². The number of carbonyl (C=O) groups is 2. The molecule has 0 radical (unpaired) electrons. The van der Waals surface area contributed by atoms with Crippen molar-refractivity contribution in [2.24, 2.45) is 4.99 Å². The van der Waals surface area contributed by atoms with Crippen molar-refractivity contribution < 1.29 is 19.1 Å². The van der Waals surface area contributed by atoms with Gasteiger partial charge in [0.05, 0.1) is 7.11 Å². The lowest BCUT2D eigenvalue weighted by Crippen LogP contribution is -2.14. The van der Waals surface area contributed by atoms with Gasteiger partial charge >= 0.3 is 5.97 Å². The number of esters is 1. The van der Waals surface area contributed by atoms with Gasteiger partial charge in [-0.25, -0.2) is 0 Å².